The van der Waals surface area contributed by atoms with Crippen LogP contribution < -0.4 is 10.6 Å². The van der Waals surface area contributed by atoms with Crippen LogP contribution in [0.2, 0.25) is 0 Å². The van der Waals surface area contributed by atoms with Crippen molar-refractivity contribution in [3.8, 4) is 0 Å². The summed E-state index contributed by atoms with van der Waals surface area (Å²) < 4.78 is 0. The second kappa shape index (κ2) is 7.73. The van der Waals surface area contributed by atoms with E-state index in [0.717, 1.165) is 16.9 Å². The molecule has 24 heavy (non-hydrogen) atoms. The number of carbonyl (C=O) groups excluding carboxylic acids is 1. The van der Waals surface area contributed by atoms with Gasteiger partial charge in [-0.25, -0.2) is 9.97 Å². The zero-order chi connectivity index (χ0) is 17.7. The Morgan fingerprint density at radius 1 is 1.29 bits per heavy atom. The quantitative estimate of drug-likeness (QED) is 0.791. The van der Waals surface area contributed by atoms with Crippen molar-refractivity contribution in [2.75, 3.05) is 11.9 Å². The molecule has 0 spiro atoms. The van der Waals surface area contributed by atoms with Gasteiger partial charge in [-0.3, -0.25) is 4.79 Å². The van der Waals surface area contributed by atoms with Crippen LogP contribution in [0.15, 0.2) is 36.9 Å². The molecular formula is C19H24N4O. The topological polar surface area (TPSA) is 66.9 Å². The molecule has 0 saturated heterocycles. The minimum Gasteiger partial charge on any atom is -0.347 e. The van der Waals surface area contributed by atoms with E-state index >= 15 is 0 Å². The van der Waals surface area contributed by atoms with Gasteiger partial charge in [0.25, 0.3) is 5.91 Å². The highest BCUT2D eigenvalue weighted by Crippen LogP contribution is 2.29. The number of nitrogens with one attached hydrogen (secondary N) is 2. The van der Waals surface area contributed by atoms with Crippen molar-refractivity contribution in [3.05, 3.63) is 59.4 Å². The summed E-state index contributed by atoms with van der Waals surface area (Å²) in [7, 11) is 0. The van der Waals surface area contributed by atoms with Crippen molar-refractivity contribution in [2.45, 2.75) is 33.6 Å². The van der Waals surface area contributed by atoms with Gasteiger partial charge in [-0.05, 0) is 37.0 Å². The second-order valence-corrected chi connectivity index (χ2v) is 6.04. The predicted octanol–water partition coefficient (Wildman–Crippen LogP) is 3.88. The van der Waals surface area contributed by atoms with Crippen LogP contribution in [0.3, 0.4) is 0 Å². The van der Waals surface area contributed by atoms with Crippen LogP contribution >= 0.6 is 0 Å². The van der Waals surface area contributed by atoms with E-state index in [1.807, 2.05) is 26.0 Å². The zero-order valence-electron chi connectivity index (χ0n) is 14.7. The molecule has 1 amide bonds. The van der Waals surface area contributed by atoms with E-state index in [-0.39, 0.29) is 5.91 Å². The minimum absolute atomic E-state index is 0.239. The largest absolute Gasteiger partial charge is 0.347 e. The van der Waals surface area contributed by atoms with Crippen LogP contribution in [0.5, 0.6) is 0 Å². The van der Waals surface area contributed by atoms with E-state index in [9.17, 15) is 4.79 Å². The van der Waals surface area contributed by atoms with Gasteiger partial charge in [0.05, 0.1) is 0 Å². The Morgan fingerprint density at radius 3 is 2.71 bits per heavy atom. The summed E-state index contributed by atoms with van der Waals surface area (Å²) in [6.07, 6.45) is 1.63. The average Bonchev–Trinajstić information content (AvgIpc) is 2.53. The zero-order valence-corrected chi connectivity index (χ0v) is 14.7. The molecule has 126 valence electrons. The van der Waals surface area contributed by atoms with E-state index in [4.69, 9.17) is 0 Å². The normalized spacial score (nSPS) is 10.5. The number of aryl methyl sites for hydroxylation is 2. The van der Waals surface area contributed by atoms with Gasteiger partial charge in [0.1, 0.15) is 5.69 Å². The SMILES string of the molecule is C=CCNC(=O)c1cc(C)nc(Nc2c(C)cccc2C(C)C)n1. The third kappa shape index (κ3) is 4.19. The first-order valence-electron chi connectivity index (χ1n) is 8.03. The van der Waals surface area contributed by atoms with Crippen molar-refractivity contribution < 1.29 is 4.79 Å². The molecule has 1 aromatic heterocycles. The van der Waals surface area contributed by atoms with E-state index < -0.39 is 0 Å². The molecular weight excluding hydrogens is 300 g/mol. The van der Waals surface area contributed by atoms with Crippen LogP contribution in [-0.2, 0) is 0 Å². The van der Waals surface area contributed by atoms with E-state index in [1.54, 1.807) is 12.1 Å². The number of carbonyl (C=O) groups is 1. The molecule has 0 aliphatic rings. The molecule has 2 aromatic rings. The summed E-state index contributed by atoms with van der Waals surface area (Å²) in [6, 6.07) is 7.85. The number of nitrogens with zero attached hydrogens (tertiary/aromatic N) is 2. The molecule has 0 saturated carbocycles. The summed E-state index contributed by atoms with van der Waals surface area (Å²) in [5.74, 6) is 0.555. The fourth-order valence-corrected chi connectivity index (χ4v) is 2.45. The molecule has 2 rings (SSSR count). The maximum absolute atomic E-state index is 12.1. The van der Waals surface area contributed by atoms with Gasteiger partial charge >= 0.3 is 0 Å². The number of aromatic nitrogens is 2. The predicted molar refractivity (Wildman–Crippen MR) is 97.8 cm³/mol. The Bertz CT molecular complexity index is 753. The van der Waals surface area contributed by atoms with Crippen molar-refractivity contribution >= 4 is 17.5 Å². The minimum atomic E-state index is -0.239. The summed E-state index contributed by atoms with van der Waals surface area (Å²) >= 11 is 0. The van der Waals surface area contributed by atoms with Gasteiger partial charge in [0.15, 0.2) is 0 Å². The number of hydrogen-bond donors (Lipinski definition) is 2. The highest BCUT2D eigenvalue weighted by Gasteiger charge is 2.13. The second-order valence-electron chi connectivity index (χ2n) is 6.04. The van der Waals surface area contributed by atoms with Gasteiger partial charge in [0.2, 0.25) is 5.95 Å². The van der Waals surface area contributed by atoms with Crippen LogP contribution in [-0.4, -0.2) is 22.4 Å². The van der Waals surface area contributed by atoms with Gasteiger partial charge in [0, 0.05) is 17.9 Å². The standard InChI is InChI=1S/C19H24N4O/c1-6-10-20-18(24)16-11-14(5)21-19(22-16)23-17-13(4)8-7-9-15(17)12(2)3/h6-9,11-12H,1,10H2,2-5H3,(H,20,24)(H,21,22,23). The van der Waals surface area contributed by atoms with E-state index in [0.29, 0.717) is 24.1 Å². The highest BCUT2D eigenvalue weighted by molar-refractivity contribution is 5.92. The number of para-hydroxylation sites is 1. The fourth-order valence-electron chi connectivity index (χ4n) is 2.45. The lowest BCUT2D eigenvalue weighted by atomic mass is 9.98. The lowest BCUT2D eigenvalue weighted by molar-refractivity contribution is 0.0953. The Kier molecular flexibility index (Phi) is 5.68. The molecule has 0 unspecified atom stereocenters. The monoisotopic (exact) mass is 324 g/mol. The first kappa shape index (κ1) is 17.7. The lowest BCUT2D eigenvalue weighted by Crippen LogP contribution is -2.24. The van der Waals surface area contributed by atoms with E-state index in [2.05, 4.69) is 47.1 Å². The van der Waals surface area contributed by atoms with Crippen LogP contribution in [0.25, 0.3) is 0 Å². The summed E-state index contributed by atoms with van der Waals surface area (Å²) in [5.41, 5.74) is 4.37. The molecule has 5 nitrogen and oxygen atoms in total. The maximum atomic E-state index is 12.1. The number of anilines is 2. The van der Waals surface area contributed by atoms with Crippen molar-refractivity contribution in [1.29, 1.82) is 0 Å². The van der Waals surface area contributed by atoms with Gasteiger partial charge < -0.3 is 10.6 Å². The molecule has 0 aliphatic heterocycles. The van der Waals surface area contributed by atoms with Gasteiger partial charge in [-0.2, -0.15) is 0 Å². The Morgan fingerprint density at radius 2 is 2.04 bits per heavy atom. The number of rotatable bonds is 6. The molecule has 0 atom stereocenters. The molecule has 2 N–H and O–H groups in total. The number of amides is 1. The molecule has 5 heteroatoms. The molecule has 0 radical (unpaired) electrons. The summed E-state index contributed by atoms with van der Waals surface area (Å²) in [4.78, 5) is 20.9. The first-order chi connectivity index (χ1) is 11.4. The summed E-state index contributed by atoms with van der Waals surface area (Å²) in [5, 5.41) is 6.02. The Balaban J connectivity index is 2.36. The Hall–Kier alpha value is -2.69. The number of hydrogen-bond acceptors (Lipinski definition) is 4. The molecule has 0 aliphatic carbocycles. The highest BCUT2D eigenvalue weighted by atomic mass is 16.1. The average molecular weight is 324 g/mol. The summed E-state index contributed by atoms with van der Waals surface area (Å²) in [6.45, 7) is 12.2. The number of benzene rings is 1. The first-order valence-corrected chi connectivity index (χ1v) is 8.03. The van der Waals surface area contributed by atoms with Crippen LogP contribution in [0.4, 0.5) is 11.6 Å². The van der Waals surface area contributed by atoms with Gasteiger partial charge in [-0.1, -0.05) is 38.1 Å². The lowest BCUT2D eigenvalue weighted by Gasteiger charge is -2.17. The smallest absolute Gasteiger partial charge is 0.270 e. The Labute approximate surface area is 143 Å². The van der Waals surface area contributed by atoms with Crippen LogP contribution in [0, 0.1) is 13.8 Å². The molecule has 0 bridgehead atoms. The molecule has 0 fully saturated rings. The third-order valence-electron chi connectivity index (χ3n) is 3.66. The van der Waals surface area contributed by atoms with Crippen molar-refractivity contribution in [3.63, 3.8) is 0 Å². The maximum Gasteiger partial charge on any atom is 0.270 e. The van der Waals surface area contributed by atoms with E-state index in [1.165, 1.54) is 5.56 Å². The fraction of sp³-hybridized carbons (Fsp3) is 0.316. The molecule has 1 heterocycles. The molecule has 1 aromatic carbocycles. The van der Waals surface area contributed by atoms with Gasteiger partial charge in [-0.15, -0.1) is 6.58 Å². The third-order valence-corrected chi connectivity index (χ3v) is 3.66. The van der Waals surface area contributed by atoms with Crippen LogP contribution in [0.1, 0.15) is 47.1 Å². The van der Waals surface area contributed by atoms with Crippen molar-refractivity contribution in [1.82, 2.24) is 15.3 Å². The van der Waals surface area contributed by atoms with Crippen molar-refractivity contribution in [2.24, 2.45) is 0 Å².